The number of pyridine rings is 1. The van der Waals surface area contributed by atoms with Crippen LogP contribution in [0.15, 0.2) is 24.7 Å². The second kappa shape index (κ2) is 4.49. The number of hydrogen-bond donors (Lipinski definition) is 1. The van der Waals surface area contributed by atoms with Crippen LogP contribution in [0.4, 0.5) is 4.39 Å². The maximum absolute atomic E-state index is 13.7. The van der Waals surface area contributed by atoms with E-state index < -0.39 is 17.1 Å². The molecule has 20 heavy (non-hydrogen) atoms. The molecule has 0 radical (unpaired) electrons. The lowest BCUT2D eigenvalue weighted by atomic mass is 10.0. The van der Waals surface area contributed by atoms with Crippen LogP contribution in [-0.4, -0.2) is 20.9 Å². The summed E-state index contributed by atoms with van der Waals surface area (Å²) in [4.78, 5) is 23.4. The molecule has 1 aliphatic carbocycles. The van der Waals surface area contributed by atoms with Gasteiger partial charge in [0.1, 0.15) is 5.69 Å². The summed E-state index contributed by atoms with van der Waals surface area (Å²) in [5, 5.41) is 0.0418. The minimum absolute atomic E-state index is 0.0418. The number of hydrogen-bond acceptors (Lipinski definition) is 4. The molecule has 102 valence electrons. The minimum Gasteiger partial charge on any atom is -0.369 e. The van der Waals surface area contributed by atoms with Crippen LogP contribution in [0.5, 0.6) is 0 Å². The average molecular weight is 293 g/mol. The number of amides is 1. The van der Waals surface area contributed by atoms with Crippen molar-refractivity contribution in [1.29, 1.82) is 0 Å². The van der Waals surface area contributed by atoms with Gasteiger partial charge in [-0.3, -0.25) is 14.8 Å². The van der Waals surface area contributed by atoms with Crippen molar-refractivity contribution in [2.24, 2.45) is 5.73 Å². The molecule has 0 saturated heterocycles. The van der Waals surface area contributed by atoms with Crippen LogP contribution >= 0.6 is 11.6 Å². The molecule has 0 bridgehead atoms. The Morgan fingerprint density at radius 3 is 2.70 bits per heavy atom. The standard InChI is InChI=1S/C13H10ClFN4O/c14-11-10(7-1-4-17-5-8(7)15)18-6-9(19-11)13(2-3-13)12(16)20/h1,4-6H,2-3H2,(H2,16,20). The van der Waals surface area contributed by atoms with Crippen molar-refractivity contribution in [2.75, 3.05) is 0 Å². The van der Waals surface area contributed by atoms with Gasteiger partial charge in [-0.25, -0.2) is 9.37 Å². The van der Waals surface area contributed by atoms with Crippen LogP contribution in [0.2, 0.25) is 5.15 Å². The quantitative estimate of drug-likeness (QED) is 0.936. The molecule has 3 rings (SSSR count). The average Bonchev–Trinajstić information content (AvgIpc) is 3.21. The van der Waals surface area contributed by atoms with Gasteiger partial charge < -0.3 is 5.73 Å². The summed E-state index contributed by atoms with van der Waals surface area (Å²) >= 11 is 6.06. The molecule has 1 fully saturated rings. The Hall–Kier alpha value is -2.08. The summed E-state index contributed by atoms with van der Waals surface area (Å²) in [6, 6.07) is 1.46. The number of nitrogens with two attached hydrogens (primary N) is 1. The molecule has 1 amide bonds. The summed E-state index contributed by atoms with van der Waals surface area (Å²) in [6.07, 6.45) is 5.22. The third-order valence-corrected chi connectivity index (χ3v) is 3.73. The van der Waals surface area contributed by atoms with Crippen molar-refractivity contribution in [2.45, 2.75) is 18.3 Å². The van der Waals surface area contributed by atoms with E-state index in [9.17, 15) is 9.18 Å². The van der Waals surface area contributed by atoms with E-state index in [4.69, 9.17) is 17.3 Å². The third kappa shape index (κ3) is 1.92. The number of nitrogens with zero attached hydrogens (tertiary/aromatic N) is 3. The van der Waals surface area contributed by atoms with E-state index in [-0.39, 0.29) is 16.4 Å². The normalized spacial score (nSPS) is 15.9. The van der Waals surface area contributed by atoms with Crippen LogP contribution in [0.1, 0.15) is 18.5 Å². The third-order valence-electron chi connectivity index (χ3n) is 3.47. The fourth-order valence-electron chi connectivity index (χ4n) is 2.10. The zero-order valence-electron chi connectivity index (χ0n) is 10.3. The highest BCUT2D eigenvalue weighted by molar-refractivity contribution is 6.31. The van der Waals surface area contributed by atoms with Crippen LogP contribution in [0, 0.1) is 5.82 Å². The molecule has 0 atom stereocenters. The SMILES string of the molecule is NC(=O)C1(c2cnc(-c3ccncc3F)c(Cl)n2)CC1. The fourth-order valence-corrected chi connectivity index (χ4v) is 2.34. The second-order valence-corrected chi connectivity index (χ2v) is 5.05. The lowest BCUT2D eigenvalue weighted by molar-refractivity contribution is -0.120. The van der Waals surface area contributed by atoms with Crippen molar-refractivity contribution in [1.82, 2.24) is 15.0 Å². The Bertz CT molecular complexity index is 703. The molecule has 2 aromatic heterocycles. The first kappa shape index (κ1) is 12.9. The van der Waals surface area contributed by atoms with Gasteiger partial charge in [-0.05, 0) is 18.9 Å². The zero-order valence-corrected chi connectivity index (χ0v) is 11.1. The molecule has 0 aromatic carbocycles. The molecular weight excluding hydrogens is 283 g/mol. The van der Waals surface area contributed by atoms with Gasteiger partial charge in [0, 0.05) is 11.8 Å². The number of rotatable bonds is 3. The van der Waals surface area contributed by atoms with Gasteiger partial charge in [-0.1, -0.05) is 11.6 Å². The van der Waals surface area contributed by atoms with Crippen LogP contribution in [-0.2, 0) is 10.2 Å². The van der Waals surface area contributed by atoms with Crippen molar-refractivity contribution in [3.05, 3.63) is 41.3 Å². The molecule has 0 spiro atoms. The van der Waals surface area contributed by atoms with Gasteiger partial charge in [0.05, 0.1) is 23.5 Å². The Morgan fingerprint density at radius 2 is 2.15 bits per heavy atom. The maximum Gasteiger partial charge on any atom is 0.229 e. The number of primary amides is 1. The fraction of sp³-hybridized carbons (Fsp3) is 0.231. The lowest BCUT2D eigenvalue weighted by Gasteiger charge is -2.11. The van der Waals surface area contributed by atoms with Gasteiger partial charge in [0.25, 0.3) is 0 Å². The van der Waals surface area contributed by atoms with E-state index >= 15 is 0 Å². The molecule has 2 aromatic rings. The Labute approximate surface area is 119 Å². The molecule has 0 unspecified atom stereocenters. The van der Waals surface area contributed by atoms with Crippen molar-refractivity contribution < 1.29 is 9.18 Å². The van der Waals surface area contributed by atoms with E-state index in [2.05, 4.69) is 15.0 Å². The number of aromatic nitrogens is 3. The molecule has 2 N–H and O–H groups in total. The van der Waals surface area contributed by atoms with E-state index in [1.807, 2.05) is 0 Å². The van der Waals surface area contributed by atoms with Gasteiger partial charge >= 0.3 is 0 Å². The highest BCUT2D eigenvalue weighted by Gasteiger charge is 2.51. The first-order valence-corrected chi connectivity index (χ1v) is 6.35. The van der Waals surface area contributed by atoms with Gasteiger partial charge in [-0.2, -0.15) is 0 Å². The molecule has 0 aliphatic heterocycles. The van der Waals surface area contributed by atoms with E-state index in [0.717, 1.165) is 6.20 Å². The van der Waals surface area contributed by atoms with E-state index in [0.29, 0.717) is 18.5 Å². The number of carbonyl (C=O) groups excluding carboxylic acids is 1. The Morgan fingerprint density at radius 1 is 1.40 bits per heavy atom. The van der Waals surface area contributed by atoms with Crippen LogP contribution in [0.3, 0.4) is 0 Å². The first-order valence-electron chi connectivity index (χ1n) is 5.97. The van der Waals surface area contributed by atoms with Gasteiger partial charge in [0.2, 0.25) is 5.91 Å². The summed E-state index contributed by atoms with van der Waals surface area (Å²) < 4.78 is 13.7. The summed E-state index contributed by atoms with van der Waals surface area (Å²) in [5.74, 6) is -0.974. The van der Waals surface area contributed by atoms with Crippen molar-refractivity contribution >= 4 is 17.5 Å². The topological polar surface area (TPSA) is 81.8 Å². The molecule has 2 heterocycles. The molecule has 5 nitrogen and oxygen atoms in total. The maximum atomic E-state index is 13.7. The highest BCUT2D eigenvalue weighted by atomic mass is 35.5. The summed E-state index contributed by atoms with van der Waals surface area (Å²) in [5.41, 5.74) is 5.48. The predicted molar refractivity (Wildman–Crippen MR) is 70.3 cm³/mol. The lowest BCUT2D eigenvalue weighted by Crippen LogP contribution is -2.29. The Balaban J connectivity index is 2.05. The minimum atomic E-state index is -0.758. The molecule has 1 saturated carbocycles. The van der Waals surface area contributed by atoms with Crippen LogP contribution in [0.25, 0.3) is 11.3 Å². The summed E-state index contributed by atoms with van der Waals surface area (Å²) in [6.45, 7) is 0. The van der Waals surface area contributed by atoms with Gasteiger partial charge in [-0.15, -0.1) is 0 Å². The van der Waals surface area contributed by atoms with E-state index in [1.165, 1.54) is 18.5 Å². The van der Waals surface area contributed by atoms with Gasteiger partial charge in [0.15, 0.2) is 11.0 Å². The molecule has 7 heteroatoms. The zero-order chi connectivity index (χ0) is 14.3. The molecule has 1 aliphatic rings. The molecular formula is C13H10ClFN4O. The highest BCUT2D eigenvalue weighted by Crippen LogP contribution is 2.47. The largest absolute Gasteiger partial charge is 0.369 e. The van der Waals surface area contributed by atoms with E-state index in [1.54, 1.807) is 0 Å². The van der Waals surface area contributed by atoms with Crippen LogP contribution < -0.4 is 5.73 Å². The predicted octanol–water partition coefficient (Wildman–Crippen LogP) is 1.85. The smallest absolute Gasteiger partial charge is 0.229 e. The monoisotopic (exact) mass is 292 g/mol. The number of carbonyl (C=O) groups is 1. The van der Waals surface area contributed by atoms with Crippen molar-refractivity contribution in [3.63, 3.8) is 0 Å². The number of halogens is 2. The second-order valence-electron chi connectivity index (χ2n) is 4.70. The first-order chi connectivity index (χ1) is 9.54. The van der Waals surface area contributed by atoms with Crippen molar-refractivity contribution in [3.8, 4) is 11.3 Å². The summed E-state index contributed by atoms with van der Waals surface area (Å²) in [7, 11) is 0. The Kier molecular flexibility index (Phi) is 2.90.